The molecule has 194 valence electrons. The number of methoxy groups -OCH3 is 2. The third-order valence-corrected chi connectivity index (χ3v) is 7.60. The Morgan fingerprint density at radius 3 is 2.39 bits per heavy atom. The molecule has 2 aliphatic heterocycles. The lowest BCUT2D eigenvalue weighted by Crippen LogP contribution is -2.25. The van der Waals surface area contributed by atoms with Crippen LogP contribution >= 0.6 is 23.4 Å². The van der Waals surface area contributed by atoms with E-state index in [0.717, 1.165) is 16.8 Å². The van der Waals surface area contributed by atoms with Crippen molar-refractivity contribution in [3.8, 4) is 11.5 Å². The zero-order valence-corrected chi connectivity index (χ0v) is 22.3. The summed E-state index contributed by atoms with van der Waals surface area (Å²) >= 11 is 7.33. The highest BCUT2D eigenvalue weighted by Gasteiger charge is 2.39. The summed E-state index contributed by atoms with van der Waals surface area (Å²) < 4.78 is 10.5. The zero-order valence-electron chi connectivity index (χ0n) is 20.8. The van der Waals surface area contributed by atoms with Crippen molar-refractivity contribution in [3.05, 3.63) is 88.9 Å². The molecule has 0 aliphatic carbocycles. The number of ether oxygens (including phenoxy) is 2. The van der Waals surface area contributed by atoms with E-state index >= 15 is 0 Å². The number of halogens is 1. The summed E-state index contributed by atoms with van der Waals surface area (Å²) in [5.41, 5.74) is 3.41. The molecule has 0 spiro atoms. The van der Waals surface area contributed by atoms with Gasteiger partial charge in [-0.25, -0.2) is 5.01 Å². The second-order valence-corrected chi connectivity index (χ2v) is 10.3. The Balaban J connectivity index is 1.32. The second kappa shape index (κ2) is 11.3. The quantitative estimate of drug-likeness (QED) is 0.417. The molecular weight excluding hydrogens is 524 g/mol. The van der Waals surface area contributed by atoms with Crippen LogP contribution in [0.25, 0.3) is 0 Å². The highest BCUT2D eigenvalue weighted by atomic mass is 35.5. The van der Waals surface area contributed by atoms with E-state index in [9.17, 15) is 9.59 Å². The number of hydrogen-bond donors (Lipinski definition) is 1. The molecule has 0 fully saturated rings. The van der Waals surface area contributed by atoms with E-state index in [1.165, 1.54) is 26.0 Å². The van der Waals surface area contributed by atoms with E-state index in [1.54, 1.807) is 23.2 Å². The van der Waals surface area contributed by atoms with Crippen molar-refractivity contribution in [2.75, 3.05) is 19.5 Å². The van der Waals surface area contributed by atoms with Crippen LogP contribution in [0.5, 0.6) is 11.5 Å². The molecule has 2 atom stereocenters. The van der Waals surface area contributed by atoms with E-state index in [4.69, 9.17) is 26.2 Å². The van der Waals surface area contributed by atoms with Crippen molar-refractivity contribution in [2.45, 2.75) is 24.1 Å². The highest BCUT2D eigenvalue weighted by Crippen LogP contribution is 2.38. The maximum absolute atomic E-state index is 12.8. The van der Waals surface area contributed by atoms with E-state index in [0.29, 0.717) is 33.8 Å². The summed E-state index contributed by atoms with van der Waals surface area (Å²) in [7, 11) is 3.07. The zero-order chi connectivity index (χ0) is 26.6. The summed E-state index contributed by atoms with van der Waals surface area (Å²) in [6, 6.07) is 22.5. The van der Waals surface area contributed by atoms with Gasteiger partial charge < -0.3 is 14.8 Å². The van der Waals surface area contributed by atoms with Crippen molar-refractivity contribution < 1.29 is 19.1 Å². The number of amidine groups is 1. The van der Waals surface area contributed by atoms with Gasteiger partial charge in [-0.2, -0.15) is 10.1 Å². The molecule has 3 aromatic carbocycles. The van der Waals surface area contributed by atoms with Gasteiger partial charge in [0.2, 0.25) is 5.91 Å². The molecule has 38 heavy (non-hydrogen) atoms. The lowest BCUT2D eigenvalue weighted by Gasteiger charge is -2.23. The number of nitrogens with one attached hydrogen (secondary N) is 1. The van der Waals surface area contributed by atoms with Crippen LogP contribution in [0.3, 0.4) is 0 Å². The van der Waals surface area contributed by atoms with Crippen molar-refractivity contribution in [2.24, 2.45) is 10.1 Å². The molecule has 0 bridgehead atoms. The van der Waals surface area contributed by atoms with Crippen LogP contribution in [0, 0.1) is 0 Å². The largest absolute Gasteiger partial charge is 0.497 e. The third-order valence-electron chi connectivity index (χ3n) is 6.20. The topological polar surface area (TPSA) is 92.6 Å². The van der Waals surface area contributed by atoms with Gasteiger partial charge in [-0.05, 0) is 23.3 Å². The van der Waals surface area contributed by atoms with Gasteiger partial charge in [-0.3, -0.25) is 9.59 Å². The molecule has 10 heteroatoms. The molecule has 0 saturated carbocycles. The number of thioether (sulfide) groups is 1. The molecule has 0 aromatic heterocycles. The van der Waals surface area contributed by atoms with Crippen LogP contribution in [-0.2, 0) is 9.59 Å². The Kier molecular flexibility index (Phi) is 7.67. The van der Waals surface area contributed by atoms with E-state index in [2.05, 4.69) is 10.3 Å². The van der Waals surface area contributed by atoms with Gasteiger partial charge >= 0.3 is 0 Å². The first-order chi connectivity index (χ1) is 18.4. The van der Waals surface area contributed by atoms with Crippen LogP contribution < -0.4 is 14.8 Å². The fourth-order valence-corrected chi connectivity index (χ4v) is 5.49. The van der Waals surface area contributed by atoms with Crippen LogP contribution in [-0.4, -0.2) is 47.2 Å². The van der Waals surface area contributed by atoms with Crippen LogP contribution in [0.4, 0.5) is 5.69 Å². The Labute approximate surface area is 229 Å². The molecule has 5 rings (SSSR count). The van der Waals surface area contributed by atoms with Crippen molar-refractivity contribution in [1.29, 1.82) is 0 Å². The Morgan fingerprint density at radius 2 is 1.74 bits per heavy atom. The maximum atomic E-state index is 12.8. The van der Waals surface area contributed by atoms with E-state index in [-0.39, 0.29) is 24.3 Å². The first-order valence-electron chi connectivity index (χ1n) is 11.9. The van der Waals surface area contributed by atoms with E-state index in [1.807, 2.05) is 54.6 Å². The molecule has 1 N–H and O–H groups in total. The molecule has 0 unspecified atom stereocenters. The van der Waals surface area contributed by atoms with Gasteiger partial charge in [0.15, 0.2) is 5.17 Å². The summed E-state index contributed by atoms with van der Waals surface area (Å²) in [5, 5.41) is 9.96. The summed E-state index contributed by atoms with van der Waals surface area (Å²) in [6.07, 6.45) is 0.607. The number of anilines is 1. The Bertz CT molecular complexity index is 1390. The summed E-state index contributed by atoms with van der Waals surface area (Å²) in [5.74, 6) is 0.429. The number of amides is 2. The normalized spacial score (nSPS) is 18.7. The average molecular weight is 549 g/mol. The van der Waals surface area contributed by atoms with Gasteiger partial charge in [0, 0.05) is 41.8 Å². The average Bonchev–Trinajstić information content (AvgIpc) is 3.53. The second-order valence-electron chi connectivity index (χ2n) is 8.72. The fraction of sp³-hybridized carbons (Fsp3) is 0.214. The number of hydrazone groups is 1. The minimum Gasteiger partial charge on any atom is -0.497 e. The smallest absolute Gasteiger partial charge is 0.262 e. The molecule has 2 heterocycles. The van der Waals surface area contributed by atoms with Crippen LogP contribution in [0.2, 0.25) is 5.02 Å². The van der Waals surface area contributed by atoms with Crippen molar-refractivity contribution in [3.63, 3.8) is 0 Å². The Morgan fingerprint density at radius 1 is 1.05 bits per heavy atom. The molecule has 0 radical (unpaired) electrons. The number of carbonyl (C=O) groups is 2. The Hall–Kier alpha value is -3.82. The first kappa shape index (κ1) is 25.8. The minimum absolute atomic E-state index is 0.0341. The molecule has 0 saturated heterocycles. The molecule has 2 aliphatic rings. The third kappa shape index (κ3) is 5.69. The predicted molar refractivity (Wildman–Crippen MR) is 150 cm³/mol. The minimum atomic E-state index is -0.649. The standard InChI is InChI=1S/C28H25ClN4O4S/c1-36-21-12-20(13-22(14-21)37-2)30-26(34)16-25-27(35)31-28(38-25)33-24(18-6-4-3-5-7-18)15-23(32-33)17-8-10-19(29)11-9-17/h3-14,24-25H,15-16H2,1-2H3,(H,30,34)/t24-,25-/m0/s1. The number of carbonyl (C=O) groups excluding carboxylic acids is 2. The monoisotopic (exact) mass is 548 g/mol. The summed E-state index contributed by atoms with van der Waals surface area (Å²) in [4.78, 5) is 30.0. The van der Waals surface area contributed by atoms with Crippen LogP contribution in [0.15, 0.2) is 82.9 Å². The number of benzene rings is 3. The lowest BCUT2D eigenvalue weighted by atomic mass is 9.99. The number of hydrogen-bond acceptors (Lipinski definition) is 7. The fourth-order valence-electron chi connectivity index (χ4n) is 4.30. The van der Waals surface area contributed by atoms with E-state index < -0.39 is 5.25 Å². The van der Waals surface area contributed by atoms with Gasteiger partial charge in [-0.15, -0.1) is 0 Å². The van der Waals surface area contributed by atoms with Crippen molar-refractivity contribution >= 4 is 51.7 Å². The van der Waals surface area contributed by atoms with Gasteiger partial charge in [-0.1, -0.05) is 65.8 Å². The van der Waals surface area contributed by atoms with Gasteiger partial charge in [0.1, 0.15) is 16.7 Å². The van der Waals surface area contributed by atoms with Gasteiger partial charge in [0.05, 0.1) is 26.0 Å². The van der Waals surface area contributed by atoms with Gasteiger partial charge in [0.25, 0.3) is 5.91 Å². The molecular formula is C28H25ClN4O4S. The lowest BCUT2D eigenvalue weighted by molar-refractivity contribution is -0.121. The highest BCUT2D eigenvalue weighted by molar-refractivity contribution is 8.15. The van der Waals surface area contributed by atoms with Crippen molar-refractivity contribution in [1.82, 2.24) is 5.01 Å². The SMILES string of the molecule is COc1cc(NC(=O)C[C@@H]2SC(N3N=C(c4ccc(Cl)cc4)C[C@H]3c3ccccc3)=NC2=O)cc(OC)c1. The van der Waals surface area contributed by atoms with Crippen LogP contribution in [0.1, 0.15) is 30.0 Å². The maximum Gasteiger partial charge on any atom is 0.262 e. The predicted octanol–water partition coefficient (Wildman–Crippen LogP) is 5.54. The molecule has 3 aromatic rings. The number of nitrogens with zero attached hydrogens (tertiary/aromatic N) is 3. The number of rotatable bonds is 7. The first-order valence-corrected chi connectivity index (χ1v) is 13.2. The summed E-state index contributed by atoms with van der Waals surface area (Å²) in [6.45, 7) is 0. The molecule has 2 amide bonds. The molecule has 8 nitrogen and oxygen atoms in total. The number of aliphatic imine (C=N–C) groups is 1.